The molecule has 0 aromatic heterocycles. The van der Waals surface area contributed by atoms with E-state index in [0.717, 1.165) is 0 Å². The molecule has 2 nitrogen and oxygen atoms in total. The van der Waals surface area contributed by atoms with Gasteiger partial charge in [-0.05, 0) is 113 Å². The summed E-state index contributed by atoms with van der Waals surface area (Å²) >= 11 is 0. The summed E-state index contributed by atoms with van der Waals surface area (Å²) in [5, 5.41) is 0. The molecule has 0 amide bonds. The van der Waals surface area contributed by atoms with E-state index in [0.29, 0.717) is 0 Å². The molecule has 0 bridgehead atoms. The highest BCUT2D eigenvalue weighted by molar-refractivity contribution is 6.99. The van der Waals surface area contributed by atoms with Gasteiger partial charge in [-0.3, -0.25) is 0 Å². The smallest absolute Gasteiger partial charge is 0.247 e. The summed E-state index contributed by atoms with van der Waals surface area (Å²) in [5.74, 6) is 0. The Kier molecular flexibility index (Phi) is 6.26. The Morgan fingerprint density at radius 3 is 1.74 bits per heavy atom. The van der Waals surface area contributed by atoms with Gasteiger partial charge in [0.2, 0.25) is 6.71 Å². The molecule has 0 spiro atoms. The van der Waals surface area contributed by atoms with Gasteiger partial charge in [0.1, 0.15) is 0 Å². The van der Waals surface area contributed by atoms with Gasteiger partial charge >= 0.3 is 0 Å². The molecule has 260 valence electrons. The van der Waals surface area contributed by atoms with Gasteiger partial charge in [0.15, 0.2) is 0 Å². The molecule has 0 saturated carbocycles. The molecule has 11 rings (SSSR count). The second-order valence-electron chi connectivity index (χ2n) is 17.1. The third kappa shape index (κ3) is 3.92. The van der Waals surface area contributed by atoms with Crippen LogP contribution in [-0.4, -0.2) is 6.71 Å². The van der Waals surface area contributed by atoms with Crippen molar-refractivity contribution in [3.05, 3.63) is 172 Å². The van der Waals surface area contributed by atoms with Crippen molar-refractivity contribution in [1.29, 1.82) is 0 Å². The van der Waals surface area contributed by atoms with E-state index in [2.05, 4.69) is 192 Å². The Morgan fingerprint density at radius 2 is 1.02 bits per heavy atom. The zero-order valence-electron chi connectivity index (χ0n) is 32.2. The minimum atomic E-state index is -0.159. The Hall–Kier alpha value is -5.80. The summed E-state index contributed by atoms with van der Waals surface area (Å²) in [5.41, 5.74) is 26.5. The Morgan fingerprint density at radius 1 is 0.444 bits per heavy atom. The molecule has 0 atom stereocenters. The maximum Gasteiger partial charge on any atom is 0.247 e. The van der Waals surface area contributed by atoms with E-state index in [1.54, 1.807) is 0 Å². The molecular formula is C51H43BN2. The molecule has 7 aromatic carbocycles. The minimum absolute atomic E-state index is 0.0657. The van der Waals surface area contributed by atoms with Crippen molar-refractivity contribution in [3.63, 3.8) is 0 Å². The van der Waals surface area contributed by atoms with Crippen LogP contribution >= 0.6 is 0 Å². The maximum absolute atomic E-state index is 2.60. The van der Waals surface area contributed by atoms with Gasteiger partial charge in [-0.1, -0.05) is 147 Å². The van der Waals surface area contributed by atoms with Crippen LogP contribution in [0, 0.1) is 20.8 Å². The molecule has 0 fully saturated rings. The number of nitrogens with zero attached hydrogens (tertiary/aromatic N) is 2. The summed E-state index contributed by atoms with van der Waals surface area (Å²) in [7, 11) is 0. The average molecular weight is 695 g/mol. The molecule has 0 N–H and O–H groups in total. The van der Waals surface area contributed by atoms with Crippen LogP contribution in [0.5, 0.6) is 0 Å². The predicted molar refractivity (Wildman–Crippen MR) is 230 cm³/mol. The fraction of sp³-hybridized carbons (Fsp3) is 0.176. The summed E-state index contributed by atoms with van der Waals surface area (Å²) in [4.78, 5) is 5.14. The van der Waals surface area contributed by atoms with E-state index < -0.39 is 0 Å². The van der Waals surface area contributed by atoms with Crippen molar-refractivity contribution >= 4 is 57.2 Å². The zero-order chi connectivity index (χ0) is 36.8. The Labute approximate surface area is 319 Å². The number of anilines is 6. The van der Waals surface area contributed by atoms with Crippen molar-refractivity contribution in [2.75, 3.05) is 9.80 Å². The molecule has 0 unspecified atom stereocenters. The molecule has 7 aromatic rings. The summed E-state index contributed by atoms with van der Waals surface area (Å²) < 4.78 is 0. The van der Waals surface area contributed by atoms with E-state index in [1.165, 1.54) is 112 Å². The van der Waals surface area contributed by atoms with Crippen LogP contribution in [0.1, 0.15) is 66.6 Å². The molecule has 2 aliphatic heterocycles. The van der Waals surface area contributed by atoms with Crippen LogP contribution in [0.25, 0.3) is 22.3 Å². The van der Waals surface area contributed by atoms with Gasteiger partial charge in [0.05, 0.1) is 22.7 Å². The first-order valence-electron chi connectivity index (χ1n) is 19.5. The van der Waals surface area contributed by atoms with E-state index in [9.17, 15) is 0 Å². The first kappa shape index (κ1) is 31.7. The van der Waals surface area contributed by atoms with Crippen LogP contribution in [-0.2, 0) is 10.8 Å². The van der Waals surface area contributed by atoms with Crippen LogP contribution in [0.3, 0.4) is 0 Å². The topological polar surface area (TPSA) is 6.48 Å². The van der Waals surface area contributed by atoms with Gasteiger partial charge in [-0.15, -0.1) is 0 Å². The monoisotopic (exact) mass is 694 g/mol. The molecular weight excluding hydrogens is 651 g/mol. The van der Waals surface area contributed by atoms with Crippen molar-refractivity contribution in [2.24, 2.45) is 0 Å². The Bertz CT molecular complexity index is 2760. The van der Waals surface area contributed by atoms with Gasteiger partial charge in [-0.25, -0.2) is 0 Å². The van der Waals surface area contributed by atoms with E-state index in [1.807, 2.05) is 0 Å². The van der Waals surface area contributed by atoms with Crippen molar-refractivity contribution in [2.45, 2.75) is 59.3 Å². The fourth-order valence-electron chi connectivity index (χ4n) is 11.2. The van der Waals surface area contributed by atoms with Gasteiger partial charge in [0, 0.05) is 22.2 Å². The van der Waals surface area contributed by atoms with Crippen molar-refractivity contribution in [3.8, 4) is 22.3 Å². The second-order valence-corrected chi connectivity index (χ2v) is 17.1. The second kappa shape index (κ2) is 10.7. The quantitative estimate of drug-likeness (QED) is 0.166. The minimum Gasteiger partial charge on any atom is -0.307 e. The van der Waals surface area contributed by atoms with Gasteiger partial charge < -0.3 is 9.80 Å². The summed E-state index contributed by atoms with van der Waals surface area (Å²) in [6, 6.07) is 50.9. The SMILES string of the molecule is Cc1cc(C)c(B2c3cccc4c3N(c3ccccc3N4c3ccc4c(c3)C(C)(C)c3ccccc3-4)c3ccc4c(c32)C(C)(C)c2ccccc2-4)c(C)c1. The van der Waals surface area contributed by atoms with Crippen LogP contribution in [0.2, 0.25) is 0 Å². The van der Waals surface area contributed by atoms with Crippen molar-refractivity contribution < 1.29 is 0 Å². The van der Waals surface area contributed by atoms with E-state index in [4.69, 9.17) is 0 Å². The van der Waals surface area contributed by atoms with Crippen LogP contribution in [0.15, 0.2) is 133 Å². The fourth-order valence-corrected chi connectivity index (χ4v) is 11.2. The average Bonchev–Trinajstić information content (AvgIpc) is 3.54. The lowest BCUT2D eigenvalue weighted by Crippen LogP contribution is -2.61. The molecule has 0 radical (unpaired) electrons. The summed E-state index contributed by atoms with van der Waals surface area (Å²) in [6.45, 7) is 16.6. The first-order chi connectivity index (χ1) is 26.1. The third-order valence-electron chi connectivity index (χ3n) is 13.3. The van der Waals surface area contributed by atoms with Gasteiger partial charge in [0.25, 0.3) is 0 Å². The lowest BCUT2D eigenvalue weighted by Gasteiger charge is -2.47. The number of rotatable bonds is 2. The van der Waals surface area contributed by atoms with E-state index in [-0.39, 0.29) is 17.5 Å². The lowest BCUT2D eigenvalue weighted by molar-refractivity contribution is 0.660. The molecule has 4 aliphatic rings. The van der Waals surface area contributed by atoms with E-state index >= 15 is 0 Å². The standard InChI is InChI=1S/C51H43BN2/c1-30-27-31(2)47(32(3)28-30)52-41-19-14-22-45-49(41)54(44-26-25-37-35-16-9-11-18-39(35)51(6,7)46(37)48(44)52)43-21-13-12-20-42(43)53(45)33-23-24-36-34-15-8-10-17-38(34)50(4,5)40(36)29-33/h8-29H,1-7H3. The highest BCUT2D eigenvalue weighted by Crippen LogP contribution is 2.58. The molecule has 2 aliphatic carbocycles. The van der Waals surface area contributed by atoms with Crippen molar-refractivity contribution in [1.82, 2.24) is 0 Å². The number of fused-ring (bicyclic) bond motifs is 11. The largest absolute Gasteiger partial charge is 0.307 e. The zero-order valence-corrected chi connectivity index (χ0v) is 32.2. The lowest BCUT2D eigenvalue weighted by atomic mass is 9.32. The first-order valence-corrected chi connectivity index (χ1v) is 19.5. The normalized spacial score (nSPS) is 15.9. The molecule has 2 heterocycles. The molecule has 0 saturated heterocycles. The number of aryl methyl sites for hydroxylation is 3. The third-order valence-corrected chi connectivity index (χ3v) is 13.3. The highest BCUT2D eigenvalue weighted by Gasteiger charge is 2.48. The highest BCUT2D eigenvalue weighted by atomic mass is 15.3. The summed E-state index contributed by atoms with van der Waals surface area (Å²) in [6.07, 6.45) is 0. The number of benzene rings is 7. The van der Waals surface area contributed by atoms with Gasteiger partial charge in [-0.2, -0.15) is 0 Å². The molecule has 54 heavy (non-hydrogen) atoms. The number of para-hydroxylation sites is 3. The van der Waals surface area contributed by atoms with Crippen LogP contribution < -0.4 is 26.2 Å². The predicted octanol–water partition coefficient (Wildman–Crippen LogP) is 11.3. The Balaban J connectivity index is 1.22. The van der Waals surface area contributed by atoms with Crippen LogP contribution in [0.4, 0.5) is 34.1 Å². The maximum atomic E-state index is 2.60. The number of hydrogen-bond acceptors (Lipinski definition) is 2. The number of hydrogen-bond donors (Lipinski definition) is 0. The molecule has 3 heteroatoms.